The van der Waals surface area contributed by atoms with Crippen LogP contribution in [0.2, 0.25) is 5.02 Å². The summed E-state index contributed by atoms with van der Waals surface area (Å²) in [5, 5.41) is 12.2. The van der Waals surface area contributed by atoms with Gasteiger partial charge in [0.15, 0.2) is 11.6 Å². The molecule has 2 heterocycles. The van der Waals surface area contributed by atoms with Crippen molar-refractivity contribution in [2.75, 3.05) is 5.32 Å². The second kappa shape index (κ2) is 10.2. The van der Waals surface area contributed by atoms with Gasteiger partial charge in [-0.25, -0.2) is 23.5 Å². The molecule has 0 aliphatic carbocycles. The number of halogens is 2. The van der Waals surface area contributed by atoms with Crippen molar-refractivity contribution in [1.82, 2.24) is 19.1 Å². The summed E-state index contributed by atoms with van der Waals surface area (Å²) in [6.45, 7) is 1.93. The topological polar surface area (TPSA) is 115 Å². The zero-order valence-electron chi connectivity index (χ0n) is 18.4. The van der Waals surface area contributed by atoms with E-state index < -0.39 is 17.2 Å². The summed E-state index contributed by atoms with van der Waals surface area (Å²) in [7, 11) is 0. The lowest BCUT2D eigenvalue weighted by Gasteiger charge is -2.15. The van der Waals surface area contributed by atoms with E-state index in [1.165, 1.54) is 35.0 Å². The zero-order chi connectivity index (χ0) is 24.9. The van der Waals surface area contributed by atoms with Gasteiger partial charge in [-0.1, -0.05) is 23.7 Å². The lowest BCUT2D eigenvalue weighted by Crippen LogP contribution is -2.42. The van der Waals surface area contributed by atoms with E-state index in [0.29, 0.717) is 10.6 Å². The number of nitrogens with one attached hydrogen (secondary N) is 1. The van der Waals surface area contributed by atoms with Gasteiger partial charge in [-0.05, 0) is 42.8 Å². The Morgan fingerprint density at radius 2 is 1.89 bits per heavy atom. The van der Waals surface area contributed by atoms with Crippen LogP contribution in [-0.4, -0.2) is 19.1 Å². The Morgan fingerprint density at radius 1 is 1.11 bits per heavy atom. The molecule has 9 nitrogen and oxygen atoms in total. The quantitative estimate of drug-likeness (QED) is 0.413. The molecule has 0 aliphatic heterocycles. The van der Waals surface area contributed by atoms with E-state index in [2.05, 4.69) is 15.3 Å². The second-order valence-corrected chi connectivity index (χ2v) is 7.76. The fourth-order valence-corrected chi connectivity index (χ4v) is 3.35. The average Bonchev–Trinajstić information content (AvgIpc) is 2.85. The third-order valence-electron chi connectivity index (χ3n) is 4.99. The summed E-state index contributed by atoms with van der Waals surface area (Å²) in [5.41, 5.74) is 0.0667. The number of nitriles is 1. The zero-order valence-corrected chi connectivity index (χ0v) is 19.2. The van der Waals surface area contributed by atoms with Gasteiger partial charge < -0.3 is 10.1 Å². The van der Waals surface area contributed by atoms with Gasteiger partial charge in [0.2, 0.25) is 11.8 Å². The van der Waals surface area contributed by atoms with Crippen LogP contribution in [-0.2, 0) is 13.1 Å². The van der Waals surface area contributed by atoms with Crippen molar-refractivity contribution in [3.63, 3.8) is 0 Å². The van der Waals surface area contributed by atoms with Crippen molar-refractivity contribution < 1.29 is 9.13 Å². The van der Waals surface area contributed by atoms with Crippen LogP contribution >= 0.6 is 11.6 Å². The molecule has 11 heteroatoms. The molecule has 0 radical (unpaired) electrons. The normalized spacial score (nSPS) is 10.6. The number of aromatic nitrogens is 4. The lowest BCUT2D eigenvalue weighted by atomic mass is 10.2. The molecular weight excluding hydrogens is 475 g/mol. The van der Waals surface area contributed by atoms with Gasteiger partial charge >= 0.3 is 11.4 Å². The smallest absolute Gasteiger partial charge is 0.354 e. The van der Waals surface area contributed by atoms with Gasteiger partial charge in [0.05, 0.1) is 12.1 Å². The first-order valence-electron chi connectivity index (χ1n) is 10.4. The standard InChI is InChI=1S/C24H18ClFN6O3/c1-2-31-23(33)30-22(32(24(31)34)14-15-3-6-17(25)7-4-15)29-18-8-9-20(19(26)11-18)35-21-10-5-16(12-27)13-28-21/h3-11,13H,2,14H2,1H3,(H,29,30,33). The molecule has 2 aromatic heterocycles. The van der Waals surface area contributed by atoms with Crippen molar-refractivity contribution in [2.45, 2.75) is 20.0 Å². The van der Waals surface area contributed by atoms with Crippen molar-refractivity contribution >= 4 is 23.2 Å². The first-order valence-corrected chi connectivity index (χ1v) is 10.8. The van der Waals surface area contributed by atoms with E-state index in [0.717, 1.165) is 16.2 Å². The molecule has 4 rings (SSSR count). The van der Waals surface area contributed by atoms with Gasteiger partial charge in [-0.3, -0.25) is 4.57 Å². The van der Waals surface area contributed by atoms with Gasteiger partial charge in [-0.15, -0.1) is 0 Å². The molecule has 0 spiro atoms. The first-order chi connectivity index (χ1) is 16.9. The largest absolute Gasteiger partial charge is 0.436 e. The summed E-state index contributed by atoms with van der Waals surface area (Å²) in [6, 6.07) is 15.8. The fraction of sp³-hybridized carbons (Fsp3) is 0.125. The molecule has 0 amide bonds. The first kappa shape index (κ1) is 23.7. The predicted molar refractivity (Wildman–Crippen MR) is 128 cm³/mol. The number of pyridine rings is 1. The monoisotopic (exact) mass is 492 g/mol. The Hall–Kier alpha value is -4.49. The third kappa shape index (κ3) is 5.37. The molecule has 0 aliphatic rings. The Kier molecular flexibility index (Phi) is 6.89. The van der Waals surface area contributed by atoms with E-state index >= 15 is 0 Å². The van der Waals surface area contributed by atoms with E-state index in [4.69, 9.17) is 21.6 Å². The number of nitrogens with zero attached hydrogens (tertiary/aromatic N) is 5. The number of hydrogen-bond donors (Lipinski definition) is 1. The minimum absolute atomic E-state index is 0.0403. The minimum atomic E-state index is -0.723. The number of anilines is 2. The molecular formula is C24H18ClFN6O3. The van der Waals surface area contributed by atoms with Gasteiger partial charge in [0, 0.05) is 35.6 Å². The van der Waals surface area contributed by atoms with Crippen LogP contribution in [0.3, 0.4) is 0 Å². The Morgan fingerprint density at radius 3 is 2.51 bits per heavy atom. The van der Waals surface area contributed by atoms with Crippen LogP contribution in [0.1, 0.15) is 18.1 Å². The highest BCUT2D eigenvalue weighted by molar-refractivity contribution is 6.30. The Bertz CT molecular complexity index is 1530. The minimum Gasteiger partial charge on any atom is -0.436 e. The van der Waals surface area contributed by atoms with E-state index in [1.807, 2.05) is 6.07 Å². The maximum atomic E-state index is 14.7. The molecule has 0 bridgehead atoms. The molecule has 0 saturated heterocycles. The Labute approximate surface area is 203 Å². The van der Waals surface area contributed by atoms with Crippen LogP contribution in [0.5, 0.6) is 11.6 Å². The summed E-state index contributed by atoms with van der Waals surface area (Å²) in [6.07, 6.45) is 1.31. The SMILES string of the molecule is CCn1c(=O)nc(Nc2ccc(Oc3ccc(C#N)cn3)c(F)c2)n(Cc2ccc(Cl)cc2)c1=O. The number of hydrogen-bond acceptors (Lipinski definition) is 7. The molecule has 4 aromatic rings. The summed E-state index contributed by atoms with van der Waals surface area (Å²) >= 11 is 5.94. The van der Waals surface area contributed by atoms with Crippen molar-refractivity contribution in [3.05, 3.63) is 104 Å². The van der Waals surface area contributed by atoms with Crippen LogP contribution in [0.15, 0.2) is 70.4 Å². The second-order valence-electron chi connectivity index (χ2n) is 7.33. The van der Waals surface area contributed by atoms with Crippen LogP contribution in [0.4, 0.5) is 16.0 Å². The summed E-state index contributed by atoms with van der Waals surface area (Å²) in [5.74, 6) is -0.734. The molecule has 1 N–H and O–H groups in total. The molecule has 0 atom stereocenters. The van der Waals surface area contributed by atoms with Crippen LogP contribution < -0.4 is 21.4 Å². The third-order valence-corrected chi connectivity index (χ3v) is 5.24. The fourth-order valence-electron chi connectivity index (χ4n) is 3.22. The summed E-state index contributed by atoms with van der Waals surface area (Å²) in [4.78, 5) is 33.3. The van der Waals surface area contributed by atoms with Gasteiger partial charge in [0.1, 0.15) is 6.07 Å². The lowest BCUT2D eigenvalue weighted by molar-refractivity contribution is 0.427. The highest BCUT2D eigenvalue weighted by atomic mass is 35.5. The molecule has 176 valence electrons. The summed E-state index contributed by atoms with van der Waals surface area (Å²) < 4.78 is 22.5. The van der Waals surface area contributed by atoms with Gasteiger partial charge in [-0.2, -0.15) is 10.2 Å². The predicted octanol–water partition coefficient (Wildman–Crippen LogP) is 4.07. The highest BCUT2D eigenvalue weighted by Crippen LogP contribution is 2.26. The maximum absolute atomic E-state index is 14.7. The van der Waals surface area contributed by atoms with E-state index in [1.54, 1.807) is 31.2 Å². The average molecular weight is 493 g/mol. The van der Waals surface area contributed by atoms with E-state index in [9.17, 15) is 14.0 Å². The molecule has 0 unspecified atom stereocenters. The van der Waals surface area contributed by atoms with Gasteiger partial charge in [0.25, 0.3) is 0 Å². The Balaban J connectivity index is 1.64. The molecule has 0 fully saturated rings. The molecule has 2 aromatic carbocycles. The van der Waals surface area contributed by atoms with E-state index in [-0.39, 0.29) is 36.4 Å². The number of benzene rings is 2. The van der Waals surface area contributed by atoms with Crippen molar-refractivity contribution in [3.8, 4) is 17.7 Å². The van der Waals surface area contributed by atoms with Crippen LogP contribution in [0, 0.1) is 17.1 Å². The number of rotatable bonds is 7. The van der Waals surface area contributed by atoms with Crippen LogP contribution in [0.25, 0.3) is 0 Å². The van der Waals surface area contributed by atoms with Crippen molar-refractivity contribution in [1.29, 1.82) is 5.26 Å². The molecule has 35 heavy (non-hydrogen) atoms. The maximum Gasteiger partial charge on any atom is 0.354 e. The number of ether oxygens (including phenoxy) is 1. The highest BCUT2D eigenvalue weighted by Gasteiger charge is 2.15. The van der Waals surface area contributed by atoms with Crippen molar-refractivity contribution in [2.24, 2.45) is 0 Å². The molecule has 0 saturated carbocycles.